The van der Waals surface area contributed by atoms with E-state index >= 15 is 0 Å². The van der Waals surface area contributed by atoms with Gasteiger partial charge in [0.05, 0.1) is 12.1 Å². The normalized spacial score (nSPS) is 22.7. The Morgan fingerprint density at radius 2 is 2.05 bits per heavy atom. The van der Waals surface area contributed by atoms with Gasteiger partial charge in [0.15, 0.2) is 0 Å². The van der Waals surface area contributed by atoms with Gasteiger partial charge in [-0.3, -0.25) is 4.79 Å². The topological polar surface area (TPSA) is 50.4 Å². The molecule has 4 nitrogen and oxygen atoms in total. The molecule has 1 heterocycles. The number of nitrogens with one attached hydrogen (secondary N) is 2. The van der Waals surface area contributed by atoms with Gasteiger partial charge in [0.2, 0.25) is 5.91 Å². The maximum absolute atomic E-state index is 12.1. The monoisotopic (exact) mass is 262 g/mol. The van der Waals surface area contributed by atoms with Crippen molar-refractivity contribution in [2.45, 2.75) is 38.3 Å². The molecule has 1 aromatic rings. The van der Waals surface area contributed by atoms with Gasteiger partial charge in [0.1, 0.15) is 0 Å². The van der Waals surface area contributed by atoms with Crippen molar-refractivity contribution < 1.29 is 9.53 Å². The number of methoxy groups -OCH3 is 1. The number of carbonyl (C=O) groups is 1. The molecule has 0 saturated carbocycles. The van der Waals surface area contributed by atoms with Crippen LogP contribution in [0.4, 0.5) is 5.69 Å². The van der Waals surface area contributed by atoms with Crippen molar-refractivity contribution in [2.24, 2.45) is 0 Å². The van der Waals surface area contributed by atoms with Crippen molar-refractivity contribution in [3.63, 3.8) is 0 Å². The molecule has 2 rings (SSSR count). The quantitative estimate of drug-likeness (QED) is 0.874. The molecule has 1 aliphatic rings. The Bertz CT molecular complexity index is 428. The second-order valence-electron chi connectivity index (χ2n) is 5.32. The Balaban J connectivity index is 1.92. The minimum Gasteiger partial charge on any atom is -0.380 e. The van der Waals surface area contributed by atoms with E-state index in [2.05, 4.69) is 36.6 Å². The van der Waals surface area contributed by atoms with Gasteiger partial charge in [-0.25, -0.2) is 0 Å². The van der Waals surface area contributed by atoms with Crippen LogP contribution in [-0.2, 0) is 9.53 Å². The van der Waals surface area contributed by atoms with Crippen molar-refractivity contribution in [1.29, 1.82) is 0 Å². The van der Waals surface area contributed by atoms with E-state index in [4.69, 9.17) is 4.74 Å². The standard InChI is InChI=1S/C15H22N2O2/c1-10(2)11-4-6-12(7-5-11)17-15(18)14-8-13(19-3)9-16-14/h4-7,10,13-14,16H,8-9H2,1-3H3,(H,17,18). The third-order valence-electron chi connectivity index (χ3n) is 3.59. The van der Waals surface area contributed by atoms with Gasteiger partial charge in [-0.2, -0.15) is 0 Å². The molecule has 104 valence electrons. The van der Waals surface area contributed by atoms with Crippen LogP contribution in [0.15, 0.2) is 24.3 Å². The van der Waals surface area contributed by atoms with Gasteiger partial charge in [0.25, 0.3) is 0 Å². The predicted octanol–water partition coefficient (Wildman–Crippen LogP) is 2.13. The zero-order valence-corrected chi connectivity index (χ0v) is 11.8. The van der Waals surface area contributed by atoms with Crippen LogP contribution in [0, 0.1) is 0 Å². The van der Waals surface area contributed by atoms with Crippen LogP contribution in [-0.4, -0.2) is 31.7 Å². The summed E-state index contributed by atoms with van der Waals surface area (Å²) in [6.07, 6.45) is 0.867. The first-order valence-corrected chi connectivity index (χ1v) is 6.77. The van der Waals surface area contributed by atoms with Gasteiger partial charge >= 0.3 is 0 Å². The molecule has 1 amide bonds. The summed E-state index contributed by atoms with van der Waals surface area (Å²) in [4.78, 5) is 12.1. The molecule has 1 saturated heterocycles. The average molecular weight is 262 g/mol. The summed E-state index contributed by atoms with van der Waals surface area (Å²) in [5.41, 5.74) is 2.12. The lowest BCUT2D eigenvalue weighted by Gasteiger charge is -2.12. The fourth-order valence-electron chi connectivity index (χ4n) is 2.26. The SMILES string of the molecule is COC1CNC(C(=O)Nc2ccc(C(C)C)cc2)C1. The fourth-order valence-corrected chi connectivity index (χ4v) is 2.26. The van der Waals surface area contributed by atoms with Crippen LogP contribution in [0.25, 0.3) is 0 Å². The maximum atomic E-state index is 12.1. The summed E-state index contributed by atoms with van der Waals surface area (Å²) in [5.74, 6) is 0.514. The number of benzene rings is 1. The summed E-state index contributed by atoms with van der Waals surface area (Å²) < 4.78 is 5.24. The van der Waals surface area contributed by atoms with Crippen LogP contribution >= 0.6 is 0 Å². The molecule has 2 N–H and O–H groups in total. The van der Waals surface area contributed by atoms with E-state index in [0.29, 0.717) is 5.92 Å². The first kappa shape index (κ1) is 14.0. The molecule has 0 bridgehead atoms. The van der Waals surface area contributed by atoms with E-state index in [0.717, 1.165) is 18.7 Å². The Morgan fingerprint density at radius 3 is 2.58 bits per heavy atom. The van der Waals surface area contributed by atoms with Gasteiger partial charge in [-0.05, 0) is 30.0 Å². The van der Waals surface area contributed by atoms with Gasteiger partial charge in [-0.1, -0.05) is 26.0 Å². The molecule has 1 aromatic carbocycles. The zero-order valence-electron chi connectivity index (χ0n) is 11.8. The largest absolute Gasteiger partial charge is 0.380 e. The average Bonchev–Trinajstić information content (AvgIpc) is 2.88. The lowest BCUT2D eigenvalue weighted by atomic mass is 10.0. The smallest absolute Gasteiger partial charge is 0.241 e. The highest BCUT2D eigenvalue weighted by atomic mass is 16.5. The molecule has 1 fully saturated rings. The molecule has 2 unspecified atom stereocenters. The minimum absolute atomic E-state index is 0.0110. The number of anilines is 1. The van der Waals surface area contributed by atoms with E-state index in [-0.39, 0.29) is 18.1 Å². The number of rotatable bonds is 4. The Labute approximate surface area is 114 Å². The second kappa shape index (κ2) is 6.17. The number of ether oxygens (including phenoxy) is 1. The maximum Gasteiger partial charge on any atom is 0.241 e. The van der Waals surface area contributed by atoms with Crippen molar-refractivity contribution in [2.75, 3.05) is 19.0 Å². The minimum atomic E-state index is -0.158. The summed E-state index contributed by atoms with van der Waals surface area (Å²) in [7, 11) is 1.68. The van der Waals surface area contributed by atoms with Gasteiger partial charge < -0.3 is 15.4 Å². The van der Waals surface area contributed by atoms with Crippen LogP contribution in [0.1, 0.15) is 31.7 Å². The highest BCUT2D eigenvalue weighted by molar-refractivity contribution is 5.95. The number of hydrogen-bond acceptors (Lipinski definition) is 3. The molecular weight excluding hydrogens is 240 g/mol. The highest BCUT2D eigenvalue weighted by Crippen LogP contribution is 2.18. The molecular formula is C15H22N2O2. The third kappa shape index (κ3) is 3.55. The second-order valence-corrected chi connectivity index (χ2v) is 5.32. The fraction of sp³-hybridized carbons (Fsp3) is 0.533. The van der Waals surface area contributed by atoms with Crippen molar-refractivity contribution >= 4 is 11.6 Å². The Kier molecular flexibility index (Phi) is 4.56. The molecule has 0 spiro atoms. The molecule has 0 radical (unpaired) electrons. The lowest BCUT2D eigenvalue weighted by Crippen LogP contribution is -2.35. The van der Waals surface area contributed by atoms with E-state index in [1.54, 1.807) is 7.11 Å². The summed E-state index contributed by atoms with van der Waals surface area (Å²) >= 11 is 0. The van der Waals surface area contributed by atoms with Crippen molar-refractivity contribution in [1.82, 2.24) is 5.32 Å². The first-order chi connectivity index (χ1) is 9.10. The van der Waals surface area contributed by atoms with Crippen molar-refractivity contribution in [3.8, 4) is 0 Å². The summed E-state index contributed by atoms with van der Waals surface area (Å²) in [5, 5.41) is 6.11. The zero-order chi connectivity index (χ0) is 13.8. The Morgan fingerprint density at radius 1 is 1.37 bits per heavy atom. The van der Waals surface area contributed by atoms with Crippen LogP contribution in [0.3, 0.4) is 0 Å². The van der Waals surface area contributed by atoms with E-state index in [9.17, 15) is 4.79 Å². The van der Waals surface area contributed by atoms with Crippen LogP contribution in [0.5, 0.6) is 0 Å². The molecule has 0 aliphatic carbocycles. The summed E-state index contributed by atoms with van der Waals surface area (Å²) in [6.45, 7) is 5.04. The van der Waals surface area contributed by atoms with E-state index < -0.39 is 0 Å². The van der Waals surface area contributed by atoms with E-state index in [1.807, 2.05) is 12.1 Å². The number of hydrogen-bond donors (Lipinski definition) is 2. The predicted molar refractivity (Wildman–Crippen MR) is 76.4 cm³/mol. The third-order valence-corrected chi connectivity index (χ3v) is 3.59. The number of carbonyl (C=O) groups excluding carboxylic acids is 1. The molecule has 2 atom stereocenters. The molecule has 1 aliphatic heterocycles. The van der Waals surface area contributed by atoms with Crippen LogP contribution in [0.2, 0.25) is 0 Å². The summed E-state index contributed by atoms with van der Waals surface area (Å²) in [6, 6.07) is 7.86. The molecule has 19 heavy (non-hydrogen) atoms. The Hall–Kier alpha value is -1.39. The first-order valence-electron chi connectivity index (χ1n) is 6.77. The lowest BCUT2D eigenvalue weighted by molar-refractivity contribution is -0.118. The van der Waals surface area contributed by atoms with Crippen LogP contribution < -0.4 is 10.6 Å². The van der Waals surface area contributed by atoms with Gasteiger partial charge in [0, 0.05) is 19.3 Å². The van der Waals surface area contributed by atoms with Crippen molar-refractivity contribution in [3.05, 3.63) is 29.8 Å². The molecule has 4 heteroatoms. The number of amides is 1. The van der Waals surface area contributed by atoms with Gasteiger partial charge in [-0.15, -0.1) is 0 Å². The van der Waals surface area contributed by atoms with E-state index in [1.165, 1.54) is 5.56 Å². The highest BCUT2D eigenvalue weighted by Gasteiger charge is 2.29. The molecule has 0 aromatic heterocycles.